The van der Waals surface area contributed by atoms with Crippen molar-refractivity contribution in [1.82, 2.24) is 5.32 Å². The zero-order valence-electron chi connectivity index (χ0n) is 7.97. The zero-order valence-corrected chi connectivity index (χ0v) is 9.56. The van der Waals surface area contributed by atoms with E-state index in [9.17, 15) is 9.18 Å². The molecule has 1 amide bonds. The summed E-state index contributed by atoms with van der Waals surface area (Å²) in [6, 6.07) is 4.44. The molecule has 0 saturated carbocycles. The largest absolute Gasteiger partial charge is 0.350 e. The van der Waals surface area contributed by atoms with E-state index in [1.54, 1.807) is 12.1 Å². The first kappa shape index (κ1) is 11.2. The highest BCUT2D eigenvalue weighted by atomic mass is 79.9. The van der Waals surface area contributed by atoms with Crippen molar-refractivity contribution in [2.75, 3.05) is 0 Å². The predicted molar refractivity (Wildman–Crippen MR) is 56.7 cm³/mol. The van der Waals surface area contributed by atoms with Gasteiger partial charge in [-0.1, -0.05) is 6.07 Å². The van der Waals surface area contributed by atoms with E-state index in [1.807, 2.05) is 13.8 Å². The van der Waals surface area contributed by atoms with Gasteiger partial charge in [0, 0.05) is 10.5 Å². The van der Waals surface area contributed by atoms with Crippen molar-refractivity contribution in [3.63, 3.8) is 0 Å². The molecule has 1 aromatic carbocycles. The molecule has 0 spiro atoms. The highest BCUT2D eigenvalue weighted by Gasteiger charge is 2.15. The van der Waals surface area contributed by atoms with Crippen molar-refractivity contribution in [1.29, 1.82) is 0 Å². The molecule has 1 rings (SSSR count). The summed E-state index contributed by atoms with van der Waals surface area (Å²) in [5.41, 5.74) is 0.0567. The Kier molecular flexibility index (Phi) is 3.63. The molecular formula is C10H11BrFNO. The normalized spacial score (nSPS) is 10.4. The molecule has 14 heavy (non-hydrogen) atoms. The van der Waals surface area contributed by atoms with Gasteiger partial charge in [0.05, 0.1) is 5.56 Å². The van der Waals surface area contributed by atoms with Crippen molar-refractivity contribution < 1.29 is 9.18 Å². The third-order valence-electron chi connectivity index (χ3n) is 1.61. The van der Waals surface area contributed by atoms with Crippen molar-refractivity contribution in [2.45, 2.75) is 19.9 Å². The lowest BCUT2D eigenvalue weighted by atomic mass is 10.2. The van der Waals surface area contributed by atoms with E-state index in [4.69, 9.17) is 0 Å². The standard InChI is InChI=1S/C10H11BrFNO/c1-6(2)13-10(14)9-7(11)4-3-5-8(9)12/h3-6H,1-2H3,(H,13,14). The Morgan fingerprint density at radius 1 is 1.50 bits per heavy atom. The lowest BCUT2D eigenvalue weighted by Gasteiger charge is -2.09. The Balaban J connectivity index is 3.00. The molecule has 2 nitrogen and oxygen atoms in total. The summed E-state index contributed by atoms with van der Waals surface area (Å²) in [6.45, 7) is 3.65. The minimum absolute atomic E-state index is 0.00555. The molecule has 0 radical (unpaired) electrons. The molecule has 4 heteroatoms. The monoisotopic (exact) mass is 259 g/mol. The van der Waals surface area contributed by atoms with Crippen LogP contribution >= 0.6 is 15.9 Å². The molecule has 0 unspecified atom stereocenters. The average molecular weight is 260 g/mol. The molecule has 76 valence electrons. The third kappa shape index (κ3) is 2.54. The fourth-order valence-corrected chi connectivity index (χ4v) is 1.57. The average Bonchev–Trinajstić information content (AvgIpc) is 2.01. The van der Waals surface area contributed by atoms with E-state index in [0.717, 1.165) is 0 Å². The summed E-state index contributed by atoms with van der Waals surface area (Å²) >= 11 is 3.14. The highest BCUT2D eigenvalue weighted by molar-refractivity contribution is 9.10. The molecule has 0 atom stereocenters. The number of amides is 1. The van der Waals surface area contributed by atoms with Crippen LogP contribution in [-0.2, 0) is 0 Å². The first-order valence-corrected chi connectivity index (χ1v) is 5.06. The van der Waals surface area contributed by atoms with Gasteiger partial charge in [-0.3, -0.25) is 4.79 Å². The van der Waals surface area contributed by atoms with Gasteiger partial charge in [0.1, 0.15) is 5.82 Å². The lowest BCUT2D eigenvalue weighted by Crippen LogP contribution is -2.31. The summed E-state index contributed by atoms with van der Waals surface area (Å²) in [4.78, 5) is 11.5. The van der Waals surface area contributed by atoms with E-state index in [1.165, 1.54) is 6.07 Å². The van der Waals surface area contributed by atoms with E-state index in [2.05, 4.69) is 21.2 Å². The smallest absolute Gasteiger partial charge is 0.255 e. The number of benzene rings is 1. The maximum Gasteiger partial charge on any atom is 0.255 e. The maximum atomic E-state index is 13.3. The van der Waals surface area contributed by atoms with Crippen LogP contribution in [0.4, 0.5) is 4.39 Å². The Labute approximate surface area is 90.6 Å². The van der Waals surface area contributed by atoms with Crippen LogP contribution in [0.25, 0.3) is 0 Å². The van der Waals surface area contributed by atoms with Gasteiger partial charge in [0.25, 0.3) is 5.91 Å². The molecule has 0 saturated heterocycles. The molecule has 0 fully saturated rings. The van der Waals surface area contributed by atoms with Crippen LogP contribution in [0, 0.1) is 5.82 Å². The number of hydrogen-bond donors (Lipinski definition) is 1. The minimum atomic E-state index is -0.516. The van der Waals surface area contributed by atoms with Crippen LogP contribution in [0.15, 0.2) is 22.7 Å². The third-order valence-corrected chi connectivity index (χ3v) is 2.27. The van der Waals surface area contributed by atoms with Gasteiger partial charge < -0.3 is 5.32 Å². The van der Waals surface area contributed by atoms with Crippen molar-refractivity contribution in [3.8, 4) is 0 Å². The van der Waals surface area contributed by atoms with Gasteiger partial charge in [0.15, 0.2) is 0 Å². The predicted octanol–water partition coefficient (Wildman–Crippen LogP) is 2.73. The van der Waals surface area contributed by atoms with Crippen molar-refractivity contribution in [3.05, 3.63) is 34.1 Å². The van der Waals surface area contributed by atoms with Crippen LogP contribution in [0.1, 0.15) is 24.2 Å². The first-order valence-electron chi connectivity index (χ1n) is 4.27. The summed E-state index contributed by atoms with van der Waals surface area (Å²) in [5.74, 6) is -0.914. The number of carbonyl (C=O) groups excluding carboxylic acids is 1. The number of nitrogens with one attached hydrogen (secondary N) is 1. The Morgan fingerprint density at radius 2 is 2.14 bits per heavy atom. The maximum absolute atomic E-state index is 13.3. The quantitative estimate of drug-likeness (QED) is 0.870. The van der Waals surface area contributed by atoms with Gasteiger partial charge in [-0.2, -0.15) is 0 Å². The van der Waals surface area contributed by atoms with Crippen LogP contribution in [0.5, 0.6) is 0 Å². The summed E-state index contributed by atoms with van der Waals surface area (Å²) in [5, 5.41) is 2.63. The second kappa shape index (κ2) is 4.55. The summed E-state index contributed by atoms with van der Waals surface area (Å²) < 4.78 is 13.7. The first-order chi connectivity index (χ1) is 6.52. The van der Waals surface area contributed by atoms with E-state index in [0.29, 0.717) is 4.47 Å². The van der Waals surface area contributed by atoms with E-state index in [-0.39, 0.29) is 11.6 Å². The molecule has 1 aromatic rings. The Hall–Kier alpha value is -0.900. The zero-order chi connectivity index (χ0) is 10.7. The molecule has 0 bridgehead atoms. The second-order valence-corrected chi connectivity index (χ2v) is 4.08. The molecule has 0 aliphatic heterocycles. The fourth-order valence-electron chi connectivity index (χ4n) is 1.05. The number of halogens is 2. The number of carbonyl (C=O) groups is 1. The van der Waals surface area contributed by atoms with Crippen LogP contribution in [-0.4, -0.2) is 11.9 Å². The number of hydrogen-bond acceptors (Lipinski definition) is 1. The van der Waals surface area contributed by atoms with Crippen LogP contribution in [0.3, 0.4) is 0 Å². The molecule has 0 heterocycles. The fraction of sp³-hybridized carbons (Fsp3) is 0.300. The van der Waals surface area contributed by atoms with E-state index >= 15 is 0 Å². The molecular weight excluding hydrogens is 249 g/mol. The molecule has 0 aliphatic carbocycles. The SMILES string of the molecule is CC(C)NC(=O)c1c(F)cccc1Br. The highest BCUT2D eigenvalue weighted by Crippen LogP contribution is 2.19. The second-order valence-electron chi connectivity index (χ2n) is 3.22. The Morgan fingerprint density at radius 3 is 2.64 bits per heavy atom. The summed E-state index contributed by atoms with van der Waals surface area (Å²) in [6.07, 6.45) is 0. The van der Waals surface area contributed by atoms with Gasteiger partial charge in [-0.05, 0) is 41.9 Å². The molecule has 0 aromatic heterocycles. The molecule has 1 N–H and O–H groups in total. The lowest BCUT2D eigenvalue weighted by molar-refractivity contribution is 0.0938. The molecule has 0 aliphatic rings. The van der Waals surface area contributed by atoms with E-state index < -0.39 is 11.7 Å². The van der Waals surface area contributed by atoms with Gasteiger partial charge >= 0.3 is 0 Å². The van der Waals surface area contributed by atoms with Crippen LogP contribution < -0.4 is 5.32 Å². The van der Waals surface area contributed by atoms with Gasteiger partial charge in [-0.15, -0.1) is 0 Å². The van der Waals surface area contributed by atoms with Gasteiger partial charge in [0.2, 0.25) is 0 Å². The van der Waals surface area contributed by atoms with Crippen molar-refractivity contribution >= 4 is 21.8 Å². The van der Waals surface area contributed by atoms with Gasteiger partial charge in [-0.25, -0.2) is 4.39 Å². The van der Waals surface area contributed by atoms with Crippen LogP contribution in [0.2, 0.25) is 0 Å². The topological polar surface area (TPSA) is 29.1 Å². The summed E-state index contributed by atoms with van der Waals surface area (Å²) in [7, 11) is 0. The Bertz CT molecular complexity index is 332. The van der Waals surface area contributed by atoms with Crippen molar-refractivity contribution in [2.24, 2.45) is 0 Å². The minimum Gasteiger partial charge on any atom is -0.350 e. The number of rotatable bonds is 2.